The number of anilines is 3. The molecule has 1 amide bonds. The van der Waals surface area contributed by atoms with E-state index < -0.39 is 29.4 Å². The molecule has 11 rings (SSSR count). The number of hydrogen-bond acceptors (Lipinski definition) is 17. The largest absolute Gasteiger partial charge is 0.480 e. The van der Waals surface area contributed by atoms with Crippen LogP contribution in [0.3, 0.4) is 0 Å². The van der Waals surface area contributed by atoms with E-state index in [-0.39, 0.29) is 54.9 Å². The smallest absolute Gasteiger partial charge is 0.323 e. The van der Waals surface area contributed by atoms with Gasteiger partial charge in [0.1, 0.15) is 46.1 Å². The van der Waals surface area contributed by atoms with E-state index in [1.165, 1.54) is 16.7 Å². The number of carbonyl (C=O) groups excluding carboxylic acids is 3. The highest BCUT2D eigenvalue weighted by Crippen LogP contribution is 2.33. The maximum Gasteiger partial charge on any atom is 0.323 e. The molecule has 0 spiro atoms. The first-order chi connectivity index (χ1) is 38.5. The van der Waals surface area contributed by atoms with E-state index in [9.17, 15) is 28.0 Å². The van der Waals surface area contributed by atoms with Gasteiger partial charge in [0.05, 0.1) is 18.8 Å². The molecule has 0 aliphatic carbocycles. The zero-order valence-electron chi connectivity index (χ0n) is 42.3. The summed E-state index contributed by atoms with van der Waals surface area (Å²) in [6, 6.07) is 21.0. The summed E-state index contributed by atoms with van der Waals surface area (Å²) in [7, 11) is 0. The van der Waals surface area contributed by atoms with Crippen molar-refractivity contribution in [2.24, 2.45) is 5.73 Å². The average molecular weight is 1170 g/mol. The molecule has 1 atom stereocenters. The Balaban J connectivity index is 0.000000180. The van der Waals surface area contributed by atoms with Crippen LogP contribution in [0, 0.1) is 11.6 Å². The number of nitrogen functional groups attached to an aromatic ring is 3. The van der Waals surface area contributed by atoms with Crippen molar-refractivity contribution in [3.05, 3.63) is 168 Å². The second-order valence-electron chi connectivity index (χ2n) is 17.0. The van der Waals surface area contributed by atoms with Gasteiger partial charge in [-0.15, -0.1) is 0 Å². The van der Waals surface area contributed by atoms with Crippen LogP contribution in [-0.2, 0) is 38.6 Å². The van der Waals surface area contributed by atoms with Crippen LogP contribution in [-0.4, -0.2) is 105 Å². The molecule has 0 bridgehead atoms. The summed E-state index contributed by atoms with van der Waals surface area (Å²) in [5.74, 6) is -3.25. The van der Waals surface area contributed by atoms with Crippen LogP contribution in [0.5, 0.6) is 0 Å². The maximum absolute atomic E-state index is 14.0. The summed E-state index contributed by atoms with van der Waals surface area (Å²) in [4.78, 5) is 87.8. The molecule has 0 aliphatic rings. The van der Waals surface area contributed by atoms with Crippen LogP contribution in [0.15, 0.2) is 135 Å². The molecular formula is C53H49BrClF2N17O6. The lowest BCUT2D eigenvalue weighted by molar-refractivity contribution is -0.140. The number of primary amides is 1. The molecule has 0 fully saturated rings. The van der Waals surface area contributed by atoms with Crippen LogP contribution in [0.25, 0.3) is 55.3 Å². The van der Waals surface area contributed by atoms with Crippen LogP contribution in [0.1, 0.15) is 40.9 Å². The Labute approximate surface area is 466 Å². The molecule has 11 N–H and O–H groups in total. The molecule has 0 unspecified atom stereocenters. The predicted molar refractivity (Wildman–Crippen MR) is 300 cm³/mol. The Hall–Kier alpha value is -9.82. The second kappa shape index (κ2) is 27.5. The third-order valence-electron chi connectivity index (χ3n) is 11.3. The molecule has 0 radical (unpaired) electrons. The van der Waals surface area contributed by atoms with Gasteiger partial charge in [-0.05, 0) is 90.7 Å². The first-order valence-electron chi connectivity index (χ1n) is 23.9. The fraction of sp³-hybridized carbons (Fsp3) is 0.151. The molecule has 9 heterocycles. The van der Waals surface area contributed by atoms with Gasteiger partial charge in [0.25, 0.3) is 0 Å². The first-order valence-corrected chi connectivity index (χ1v) is 25.4. The number of carboxylic acids is 1. The SMILES string of the molecule is CCOC(=O)CBr.Clc1ncc2cc[nH]c2n1.NC(=O)c1cccc(-c2cccnc2[C@@H](CC(=O)Cn2ccc3cnc(N)nc32)Cc2cc(F)cc(F)c2)c1.Nc1ncc2cc[nH]c2n1.Nc1ncc2ccn(CC(=O)O)c2n1. The number of aliphatic carboxylic acids is 1. The number of fused-ring (bicyclic) bond motifs is 4. The van der Waals surface area contributed by atoms with Crippen molar-refractivity contribution in [1.29, 1.82) is 0 Å². The van der Waals surface area contributed by atoms with Crippen molar-refractivity contribution in [1.82, 2.24) is 64.0 Å². The second-order valence-corrected chi connectivity index (χ2v) is 17.9. The minimum absolute atomic E-state index is 0.00723. The van der Waals surface area contributed by atoms with E-state index in [2.05, 4.69) is 75.5 Å². The minimum Gasteiger partial charge on any atom is -0.480 e. The van der Waals surface area contributed by atoms with Gasteiger partial charge in [-0.3, -0.25) is 24.2 Å². The fourth-order valence-electron chi connectivity index (χ4n) is 7.87. The average Bonchev–Trinajstić information content (AvgIpc) is 4.27. The van der Waals surface area contributed by atoms with Gasteiger partial charge in [0.2, 0.25) is 29.0 Å². The van der Waals surface area contributed by atoms with Crippen LogP contribution in [0.2, 0.25) is 5.28 Å². The summed E-state index contributed by atoms with van der Waals surface area (Å²) in [5, 5.41) is 12.7. The van der Waals surface area contributed by atoms with Gasteiger partial charge in [0, 0.05) is 107 Å². The highest BCUT2D eigenvalue weighted by Gasteiger charge is 2.24. The third-order valence-corrected chi connectivity index (χ3v) is 11.9. The summed E-state index contributed by atoms with van der Waals surface area (Å²) < 4.78 is 35.8. The number of pyridine rings is 1. The Bertz CT molecular complexity index is 3860. The summed E-state index contributed by atoms with van der Waals surface area (Å²) in [6.45, 7) is 2.12. The molecule has 23 nitrogen and oxygen atoms in total. The number of aromatic nitrogens is 13. The van der Waals surface area contributed by atoms with Crippen molar-refractivity contribution >= 4 is 113 Å². The van der Waals surface area contributed by atoms with Gasteiger partial charge in [-0.25, -0.2) is 28.7 Å². The van der Waals surface area contributed by atoms with E-state index >= 15 is 0 Å². The first kappa shape index (κ1) is 57.9. The number of rotatable bonds is 13. The van der Waals surface area contributed by atoms with Gasteiger partial charge >= 0.3 is 11.9 Å². The number of halogens is 4. The molecule has 0 saturated heterocycles. The lowest BCUT2D eigenvalue weighted by Gasteiger charge is -2.20. The summed E-state index contributed by atoms with van der Waals surface area (Å²) in [6.07, 6.45) is 15.3. The zero-order chi connectivity index (χ0) is 57.3. The molecule has 80 heavy (non-hydrogen) atoms. The molecule has 0 saturated carbocycles. The molecule has 0 aliphatic heterocycles. The van der Waals surface area contributed by atoms with Crippen molar-refractivity contribution in [2.75, 3.05) is 29.1 Å². The summed E-state index contributed by atoms with van der Waals surface area (Å²) >= 11 is 8.47. The van der Waals surface area contributed by atoms with Gasteiger partial charge in [-0.2, -0.15) is 19.9 Å². The Kier molecular flexibility index (Phi) is 19.9. The lowest BCUT2D eigenvalue weighted by Crippen LogP contribution is -2.17. The number of amides is 1. The van der Waals surface area contributed by atoms with Gasteiger partial charge in [0.15, 0.2) is 5.78 Å². The molecule has 11 aromatic rings. The number of alkyl halides is 1. The van der Waals surface area contributed by atoms with E-state index in [1.54, 1.807) is 104 Å². The molecular weight excluding hydrogens is 1120 g/mol. The number of carbonyl (C=O) groups is 4. The number of ether oxygens (including phenoxy) is 1. The van der Waals surface area contributed by atoms with Crippen molar-refractivity contribution < 1.29 is 37.8 Å². The number of aromatic amines is 2. The fourth-order valence-corrected chi connectivity index (χ4v) is 8.17. The highest BCUT2D eigenvalue weighted by atomic mass is 79.9. The number of nitrogens with zero attached hydrogens (tertiary/aromatic N) is 11. The minimum atomic E-state index is -0.917. The number of ketones is 1. The molecule has 9 aromatic heterocycles. The summed E-state index contributed by atoms with van der Waals surface area (Å²) in [5.41, 5.74) is 27.2. The number of esters is 1. The normalized spacial score (nSPS) is 11.0. The molecule has 410 valence electrons. The van der Waals surface area contributed by atoms with E-state index in [1.807, 2.05) is 24.3 Å². The number of benzene rings is 2. The third kappa shape index (κ3) is 16.1. The number of carboxylic acid groups (broad SMARTS) is 1. The van der Waals surface area contributed by atoms with Crippen LogP contribution >= 0.6 is 27.5 Å². The number of nitrogens with one attached hydrogen (secondary N) is 2. The number of H-pyrrole nitrogens is 2. The van der Waals surface area contributed by atoms with Crippen LogP contribution < -0.4 is 22.9 Å². The van der Waals surface area contributed by atoms with E-state index in [0.29, 0.717) is 57.1 Å². The van der Waals surface area contributed by atoms with E-state index in [4.69, 9.17) is 39.6 Å². The topological polar surface area (TPSA) is 359 Å². The van der Waals surface area contributed by atoms with Crippen molar-refractivity contribution in [3.63, 3.8) is 0 Å². The van der Waals surface area contributed by atoms with Crippen molar-refractivity contribution in [2.45, 2.75) is 38.8 Å². The number of hydrogen-bond donors (Lipinski definition) is 7. The van der Waals surface area contributed by atoms with Gasteiger partial charge in [-0.1, -0.05) is 34.1 Å². The highest BCUT2D eigenvalue weighted by molar-refractivity contribution is 9.09. The monoisotopic (exact) mass is 1170 g/mol. The molecule has 2 aromatic carbocycles. The van der Waals surface area contributed by atoms with E-state index in [0.717, 1.165) is 38.9 Å². The standard InChI is InChI=1S/C29H24F2N6O2.C8H8N4O2.C6H4ClN3.C6H6N4.C4H7BrO2/c30-22-10-17(11-23(31)14-22)9-21(13-24(38)16-37-8-6-20-15-35-29(33)36-28(20)37)26-25(5-2-7-34-26)18-3-1-4-19(12-18)27(32)39;9-8-10-3-5-1-2-12(4-6(13)14)7(5)11-8;2*7-6-9-3-4-1-2-8-5(4)10-6;1-2-7-4(6)3-5/h1-8,10-12,14-15,21H,9,13,16H2,(H2,32,39)(H2,33,35,36);1-3H,4H2,(H,13,14)(H2,9,10,11);1-3H,(H,8,9,10);1-3H,(H3,7,8,9,10);2-3H2,1H3/t21-;;;;/m1..../s1. The zero-order valence-corrected chi connectivity index (χ0v) is 44.6. The number of nitrogens with two attached hydrogens (primary N) is 4. The quantitative estimate of drug-likeness (QED) is 0.0331. The number of Topliss-reactive ketones (excluding diaryl/α,β-unsaturated/α-hetero) is 1. The predicted octanol–water partition coefficient (Wildman–Crippen LogP) is 7.63. The Morgan fingerprint density at radius 2 is 1.29 bits per heavy atom. The lowest BCUT2D eigenvalue weighted by atomic mass is 9.86. The van der Waals surface area contributed by atoms with Gasteiger partial charge < -0.3 is 51.9 Å². The Morgan fingerprint density at radius 1 is 0.713 bits per heavy atom. The van der Waals surface area contributed by atoms with Crippen molar-refractivity contribution in [3.8, 4) is 11.1 Å². The Morgan fingerprint density at radius 3 is 1.86 bits per heavy atom. The molecule has 27 heteroatoms. The maximum atomic E-state index is 14.0. The van der Waals surface area contributed by atoms with Crippen LogP contribution in [0.4, 0.5) is 26.6 Å².